The fourth-order valence-corrected chi connectivity index (χ4v) is 3.95. The van der Waals surface area contributed by atoms with Gasteiger partial charge in [-0.1, -0.05) is 12.1 Å². The molecule has 0 saturated carbocycles. The fraction of sp³-hybridized carbons (Fsp3) is 0.278. The SMILES string of the molecule is Cc1csc2nc(COC(=O)c3ccc(CCNS(C)(=O)=O)cc3)cc(=O)n12. The van der Waals surface area contributed by atoms with Crippen LogP contribution in [0.3, 0.4) is 0 Å². The number of fused-ring (bicyclic) bond motifs is 1. The smallest absolute Gasteiger partial charge is 0.338 e. The minimum Gasteiger partial charge on any atom is -0.456 e. The van der Waals surface area contributed by atoms with Gasteiger partial charge in [0.1, 0.15) is 6.61 Å². The maximum atomic E-state index is 12.2. The average Bonchev–Trinajstić information content (AvgIpc) is 3.00. The molecule has 2 aromatic heterocycles. The number of esters is 1. The van der Waals surface area contributed by atoms with Crippen molar-refractivity contribution in [3.05, 3.63) is 68.6 Å². The molecule has 3 aromatic rings. The summed E-state index contributed by atoms with van der Waals surface area (Å²) in [6, 6.07) is 8.08. The first-order valence-corrected chi connectivity index (χ1v) is 11.2. The van der Waals surface area contributed by atoms with Gasteiger partial charge < -0.3 is 4.74 Å². The van der Waals surface area contributed by atoms with E-state index < -0.39 is 16.0 Å². The summed E-state index contributed by atoms with van der Waals surface area (Å²) in [6.45, 7) is 2.02. The van der Waals surface area contributed by atoms with Gasteiger partial charge in [0.25, 0.3) is 5.56 Å². The van der Waals surface area contributed by atoms with E-state index in [-0.39, 0.29) is 18.7 Å². The second-order valence-electron chi connectivity index (χ2n) is 6.27. The van der Waals surface area contributed by atoms with Gasteiger partial charge in [-0.15, -0.1) is 11.3 Å². The molecule has 0 aliphatic rings. The number of carbonyl (C=O) groups excluding carboxylic acids is 1. The van der Waals surface area contributed by atoms with Crippen LogP contribution >= 0.6 is 11.3 Å². The topological polar surface area (TPSA) is 107 Å². The number of nitrogens with zero attached hydrogens (tertiary/aromatic N) is 2. The van der Waals surface area contributed by atoms with E-state index in [2.05, 4.69) is 9.71 Å². The lowest BCUT2D eigenvalue weighted by Crippen LogP contribution is -2.24. The molecule has 0 fully saturated rings. The lowest BCUT2D eigenvalue weighted by Gasteiger charge is -2.06. The zero-order chi connectivity index (χ0) is 20.3. The molecular formula is C18H19N3O5S2. The maximum Gasteiger partial charge on any atom is 0.338 e. The summed E-state index contributed by atoms with van der Waals surface area (Å²) in [6.07, 6.45) is 1.61. The number of benzene rings is 1. The summed E-state index contributed by atoms with van der Waals surface area (Å²) < 4.78 is 31.3. The molecule has 28 heavy (non-hydrogen) atoms. The van der Waals surface area contributed by atoms with E-state index in [4.69, 9.17) is 4.74 Å². The minimum atomic E-state index is -3.22. The molecule has 10 heteroatoms. The zero-order valence-corrected chi connectivity index (χ0v) is 17.0. The summed E-state index contributed by atoms with van der Waals surface area (Å²) in [5.74, 6) is -0.523. The first kappa shape index (κ1) is 20.2. The van der Waals surface area contributed by atoms with Gasteiger partial charge in [0.15, 0.2) is 4.96 Å². The summed E-state index contributed by atoms with van der Waals surface area (Å²) in [4.78, 5) is 29.2. The monoisotopic (exact) mass is 421 g/mol. The van der Waals surface area contributed by atoms with Gasteiger partial charge in [0.2, 0.25) is 10.0 Å². The van der Waals surface area contributed by atoms with E-state index in [0.29, 0.717) is 22.6 Å². The summed E-state index contributed by atoms with van der Waals surface area (Å²) in [5.41, 5.74) is 2.25. The lowest BCUT2D eigenvalue weighted by molar-refractivity contribution is 0.0467. The first-order valence-electron chi connectivity index (χ1n) is 8.40. The predicted molar refractivity (Wildman–Crippen MR) is 106 cm³/mol. The van der Waals surface area contributed by atoms with Crippen LogP contribution in [0.15, 0.2) is 40.5 Å². The van der Waals surface area contributed by atoms with Crippen LogP contribution in [0.2, 0.25) is 0 Å². The van der Waals surface area contributed by atoms with Crippen molar-refractivity contribution in [2.24, 2.45) is 0 Å². The molecule has 0 amide bonds. The molecule has 0 saturated heterocycles. The molecule has 3 rings (SSSR count). The molecule has 2 heterocycles. The highest BCUT2D eigenvalue weighted by molar-refractivity contribution is 7.88. The molecule has 0 spiro atoms. The van der Waals surface area contributed by atoms with Gasteiger partial charge in [0, 0.05) is 23.7 Å². The number of carbonyl (C=O) groups is 1. The summed E-state index contributed by atoms with van der Waals surface area (Å²) in [7, 11) is -3.22. The average molecular weight is 422 g/mol. The van der Waals surface area contributed by atoms with Crippen LogP contribution in [-0.2, 0) is 27.8 Å². The van der Waals surface area contributed by atoms with E-state index in [9.17, 15) is 18.0 Å². The molecule has 0 aliphatic carbocycles. The number of hydrogen-bond acceptors (Lipinski definition) is 7. The van der Waals surface area contributed by atoms with Crippen molar-refractivity contribution >= 4 is 32.3 Å². The van der Waals surface area contributed by atoms with Gasteiger partial charge in [-0.05, 0) is 31.0 Å². The normalized spacial score (nSPS) is 11.6. The van der Waals surface area contributed by atoms with Crippen LogP contribution in [0.5, 0.6) is 0 Å². The number of hydrogen-bond donors (Lipinski definition) is 1. The van der Waals surface area contributed by atoms with E-state index >= 15 is 0 Å². The number of ether oxygens (including phenoxy) is 1. The van der Waals surface area contributed by atoms with Gasteiger partial charge in [-0.3, -0.25) is 9.20 Å². The van der Waals surface area contributed by atoms with Crippen LogP contribution < -0.4 is 10.3 Å². The van der Waals surface area contributed by atoms with Gasteiger partial charge in [0.05, 0.1) is 17.5 Å². The van der Waals surface area contributed by atoms with Gasteiger partial charge >= 0.3 is 5.97 Å². The molecule has 148 valence electrons. The molecule has 0 aliphatic heterocycles. The second kappa shape index (κ2) is 8.21. The third kappa shape index (κ3) is 5.03. The van der Waals surface area contributed by atoms with Gasteiger partial charge in [-0.25, -0.2) is 22.9 Å². The molecular weight excluding hydrogens is 402 g/mol. The van der Waals surface area contributed by atoms with Crippen molar-refractivity contribution in [1.29, 1.82) is 0 Å². The lowest BCUT2D eigenvalue weighted by atomic mass is 10.1. The number of thiazole rings is 1. The van der Waals surface area contributed by atoms with Crippen molar-refractivity contribution in [2.75, 3.05) is 12.8 Å². The van der Waals surface area contributed by atoms with E-state index in [1.54, 1.807) is 24.3 Å². The minimum absolute atomic E-state index is 0.0957. The Balaban J connectivity index is 1.60. The van der Waals surface area contributed by atoms with Gasteiger partial charge in [-0.2, -0.15) is 0 Å². The summed E-state index contributed by atoms with van der Waals surface area (Å²) in [5, 5.41) is 1.84. The third-order valence-corrected chi connectivity index (χ3v) is 5.62. The molecule has 0 bridgehead atoms. The highest BCUT2D eigenvalue weighted by Crippen LogP contribution is 2.13. The van der Waals surface area contributed by atoms with E-state index in [0.717, 1.165) is 17.5 Å². The highest BCUT2D eigenvalue weighted by Gasteiger charge is 2.11. The molecule has 0 unspecified atom stereocenters. The Morgan fingerprint density at radius 3 is 2.68 bits per heavy atom. The Hall–Kier alpha value is -2.56. The zero-order valence-electron chi connectivity index (χ0n) is 15.3. The Morgan fingerprint density at radius 2 is 2.00 bits per heavy atom. The number of rotatable bonds is 7. The number of nitrogens with one attached hydrogen (secondary N) is 1. The quantitative estimate of drug-likeness (QED) is 0.580. The Bertz CT molecular complexity index is 1160. The van der Waals surface area contributed by atoms with Crippen LogP contribution in [0.4, 0.5) is 0 Å². The standard InChI is InChI=1S/C18H19N3O5S2/c1-12-11-27-18-20-15(9-16(22)21(12)18)10-26-17(23)14-5-3-13(4-6-14)7-8-19-28(2,24)25/h3-6,9,11,19H,7-8,10H2,1-2H3. The number of sulfonamides is 1. The van der Waals surface area contributed by atoms with Crippen molar-refractivity contribution in [2.45, 2.75) is 20.0 Å². The molecule has 0 atom stereocenters. The second-order valence-corrected chi connectivity index (χ2v) is 8.94. The van der Waals surface area contributed by atoms with Crippen molar-refractivity contribution < 1.29 is 17.9 Å². The fourth-order valence-electron chi connectivity index (χ4n) is 2.59. The predicted octanol–water partition coefficient (Wildman–Crippen LogP) is 1.51. The first-order chi connectivity index (χ1) is 13.2. The van der Waals surface area contributed by atoms with Crippen LogP contribution in [0.1, 0.15) is 27.3 Å². The Morgan fingerprint density at radius 1 is 1.29 bits per heavy atom. The van der Waals surface area contributed by atoms with Crippen LogP contribution in [0.25, 0.3) is 4.96 Å². The number of aromatic nitrogens is 2. The van der Waals surface area contributed by atoms with E-state index in [1.807, 2.05) is 12.3 Å². The van der Waals surface area contributed by atoms with Crippen LogP contribution in [0, 0.1) is 6.92 Å². The maximum absolute atomic E-state index is 12.2. The molecule has 8 nitrogen and oxygen atoms in total. The van der Waals surface area contributed by atoms with Crippen molar-refractivity contribution in [3.63, 3.8) is 0 Å². The Kier molecular flexibility index (Phi) is 5.92. The van der Waals surface area contributed by atoms with Crippen molar-refractivity contribution in [3.8, 4) is 0 Å². The largest absolute Gasteiger partial charge is 0.456 e. The third-order valence-electron chi connectivity index (χ3n) is 3.95. The number of aryl methyl sites for hydroxylation is 1. The van der Waals surface area contributed by atoms with Crippen molar-refractivity contribution in [1.82, 2.24) is 14.1 Å². The molecule has 0 radical (unpaired) electrons. The Labute approximate surface area is 165 Å². The highest BCUT2D eigenvalue weighted by atomic mass is 32.2. The van der Waals surface area contributed by atoms with E-state index in [1.165, 1.54) is 21.8 Å². The molecule has 1 N–H and O–H groups in total. The summed E-state index contributed by atoms with van der Waals surface area (Å²) >= 11 is 1.35. The van der Waals surface area contributed by atoms with Crippen LogP contribution in [-0.4, -0.2) is 36.6 Å². The molecule has 1 aromatic carbocycles.